The SMILES string of the molecule is Cc1nc(N)c(C)c(NCC2(O)CCOC2)n1. The molecule has 94 valence electrons. The van der Waals surface area contributed by atoms with Gasteiger partial charge in [-0.15, -0.1) is 0 Å². The predicted octanol–water partition coefficient (Wildman–Crippen LogP) is 0.239. The number of aromatic nitrogens is 2. The maximum absolute atomic E-state index is 10.1. The molecule has 4 N–H and O–H groups in total. The van der Waals surface area contributed by atoms with Gasteiger partial charge >= 0.3 is 0 Å². The van der Waals surface area contributed by atoms with Crippen LogP contribution in [0.1, 0.15) is 17.8 Å². The van der Waals surface area contributed by atoms with E-state index >= 15 is 0 Å². The zero-order valence-corrected chi connectivity index (χ0v) is 10.2. The van der Waals surface area contributed by atoms with E-state index in [1.165, 1.54) is 0 Å². The maximum atomic E-state index is 10.1. The van der Waals surface area contributed by atoms with Crippen LogP contribution in [-0.2, 0) is 4.74 Å². The second-order valence-corrected chi connectivity index (χ2v) is 4.51. The molecule has 0 amide bonds. The number of nitrogens with zero attached hydrogens (tertiary/aromatic N) is 2. The number of nitrogen functional groups attached to an aromatic ring is 1. The molecule has 6 nitrogen and oxygen atoms in total. The zero-order chi connectivity index (χ0) is 12.5. The summed E-state index contributed by atoms with van der Waals surface area (Å²) in [4.78, 5) is 8.34. The molecule has 1 aromatic rings. The number of nitrogens with two attached hydrogens (primary N) is 1. The van der Waals surface area contributed by atoms with Gasteiger partial charge in [0.1, 0.15) is 23.1 Å². The molecule has 0 aromatic carbocycles. The van der Waals surface area contributed by atoms with E-state index < -0.39 is 5.60 Å². The molecule has 0 spiro atoms. The average molecular weight is 238 g/mol. The summed E-state index contributed by atoms with van der Waals surface area (Å²) in [5, 5.41) is 13.2. The fourth-order valence-corrected chi connectivity index (χ4v) is 1.81. The number of hydrogen-bond acceptors (Lipinski definition) is 6. The Morgan fingerprint density at radius 1 is 1.47 bits per heavy atom. The molecule has 0 aliphatic carbocycles. The monoisotopic (exact) mass is 238 g/mol. The van der Waals surface area contributed by atoms with Crippen molar-refractivity contribution in [2.45, 2.75) is 25.9 Å². The van der Waals surface area contributed by atoms with Crippen LogP contribution in [0.2, 0.25) is 0 Å². The third-order valence-electron chi connectivity index (χ3n) is 2.96. The Balaban J connectivity index is 2.08. The number of hydrogen-bond donors (Lipinski definition) is 3. The van der Waals surface area contributed by atoms with E-state index in [1.807, 2.05) is 6.92 Å². The van der Waals surface area contributed by atoms with Crippen molar-refractivity contribution in [1.82, 2.24) is 9.97 Å². The minimum Gasteiger partial charge on any atom is -0.386 e. The van der Waals surface area contributed by atoms with E-state index in [1.54, 1.807) is 6.92 Å². The van der Waals surface area contributed by atoms with E-state index in [-0.39, 0.29) is 0 Å². The highest BCUT2D eigenvalue weighted by Crippen LogP contribution is 2.21. The van der Waals surface area contributed by atoms with Crippen LogP contribution >= 0.6 is 0 Å². The molecular weight excluding hydrogens is 220 g/mol. The molecule has 0 bridgehead atoms. The summed E-state index contributed by atoms with van der Waals surface area (Å²) in [5.74, 6) is 1.76. The molecule has 0 radical (unpaired) electrons. The Morgan fingerprint density at radius 3 is 2.88 bits per heavy atom. The normalized spacial score (nSPS) is 23.9. The molecule has 6 heteroatoms. The summed E-state index contributed by atoms with van der Waals surface area (Å²) in [6.07, 6.45) is 0.637. The van der Waals surface area contributed by atoms with Crippen molar-refractivity contribution >= 4 is 11.6 Å². The topological polar surface area (TPSA) is 93.3 Å². The number of aryl methyl sites for hydroxylation is 1. The highest BCUT2D eigenvalue weighted by molar-refractivity contribution is 5.54. The second-order valence-electron chi connectivity index (χ2n) is 4.51. The van der Waals surface area contributed by atoms with Crippen LogP contribution < -0.4 is 11.1 Å². The summed E-state index contributed by atoms with van der Waals surface area (Å²) in [6, 6.07) is 0. The van der Waals surface area contributed by atoms with Crippen LogP contribution in [0.5, 0.6) is 0 Å². The van der Waals surface area contributed by atoms with Crippen LogP contribution in [0.25, 0.3) is 0 Å². The highest BCUT2D eigenvalue weighted by Gasteiger charge is 2.32. The van der Waals surface area contributed by atoms with E-state index in [0.717, 1.165) is 5.56 Å². The smallest absolute Gasteiger partial charge is 0.134 e. The number of nitrogens with one attached hydrogen (secondary N) is 1. The maximum Gasteiger partial charge on any atom is 0.134 e. The van der Waals surface area contributed by atoms with Crippen molar-refractivity contribution < 1.29 is 9.84 Å². The first kappa shape index (κ1) is 12.1. The molecule has 17 heavy (non-hydrogen) atoms. The van der Waals surface area contributed by atoms with Gasteiger partial charge in [-0.1, -0.05) is 0 Å². The number of rotatable bonds is 3. The average Bonchev–Trinajstić information content (AvgIpc) is 2.69. The lowest BCUT2D eigenvalue weighted by Crippen LogP contribution is -2.37. The van der Waals surface area contributed by atoms with Gasteiger partial charge in [0.25, 0.3) is 0 Å². The van der Waals surface area contributed by atoms with Crippen molar-refractivity contribution in [2.24, 2.45) is 0 Å². The molecule has 0 saturated carbocycles. The van der Waals surface area contributed by atoms with Crippen LogP contribution in [-0.4, -0.2) is 40.4 Å². The van der Waals surface area contributed by atoms with Crippen molar-refractivity contribution in [3.05, 3.63) is 11.4 Å². The van der Waals surface area contributed by atoms with Gasteiger partial charge < -0.3 is 20.9 Å². The quantitative estimate of drug-likeness (QED) is 0.698. The molecule has 1 unspecified atom stereocenters. The van der Waals surface area contributed by atoms with E-state index in [4.69, 9.17) is 10.5 Å². The summed E-state index contributed by atoms with van der Waals surface area (Å²) < 4.78 is 5.18. The lowest BCUT2D eigenvalue weighted by Gasteiger charge is -2.21. The fraction of sp³-hybridized carbons (Fsp3) is 0.636. The zero-order valence-electron chi connectivity index (χ0n) is 10.2. The molecular formula is C11H18N4O2. The summed E-state index contributed by atoms with van der Waals surface area (Å²) in [6.45, 7) is 5.01. The largest absolute Gasteiger partial charge is 0.386 e. The Hall–Kier alpha value is -1.40. The standard InChI is InChI=1S/C11H18N4O2/c1-7-9(12)14-8(2)15-10(7)13-5-11(16)3-4-17-6-11/h16H,3-6H2,1-2H3,(H3,12,13,14,15). The Kier molecular flexibility index (Phi) is 3.17. The summed E-state index contributed by atoms with van der Waals surface area (Å²) >= 11 is 0. The molecule has 2 rings (SSSR count). The first-order chi connectivity index (χ1) is 8.00. The minimum atomic E-state index is -0.805. The number of ether oxygens (including phenoxy) is 1. The highest BCUT2D eigenvalue weighted by atomic mass is 16.5. The van der Waals surface area contributed by atoms with Crippen molar-refractivity contribution in [2.75, 3.05) is 30.8 Å². The third kappa shape index (κ3) is 2.65. The van der Waals surface area contributed by atoms with Crippen LogP contribution in [0, 0.1) is 13.8 Å². The minimum absolute atomic E-state index is 0.360. The van der Waals surface area contributed by atoms with Crippen molar-refractivity contribution in [3.8, 4) is 0 Å². The summed E-state index contributed by atoms with van der Waals surface area (Å²) in [5.41, 5.74) is 5.76. The molecule has 2 heterocycles. The van der Waals surface area contributed by atoms with Gasteiger partial charge in [0.2, 0.25) is 0 Å². The van der Waals surface area contributed by atoms with Gasteiger partial charge in [0, 0.05) is 25.1 Å². The van der Waals surface area contributed by atoms with Gasteiger partial charge in [0.15, 0.2) is 0 Å². The number of anilines is 2. The molecule has 1 aromatic heterocycles. The van der Waals surface area contributed by atoms with Crippen LogP contribution in [0.4, 0.5) is 11.6 Å². The van der Waals surface area contributed by atoms with Gasteiger partial charge in [0.05, 0.1) is 6.61 Å². The van der Waals surface area contributed by atoms with Gasteiger partial charge in [-0.3, -0.25) is 0 Å². The van der Waals surface area contributed by atoms with E-state index in [9.17, 15) is 5.11 Å². The summed E-state index contributed by atoms with van der Waals surface area (Å²) in [7, 11) is 0. The molecule has 1 atom stereocenters. The number of aliphatic hydroxyl groups is 1. The van der Waals surface area contributed by atoms with E-state index in [0.29, 0.717) is 43.6 Å². The van der Waals surface area contributed by atoms with Gasteiger partial charge in [-0.2, -0.15) is 0 Å². The predicted molar refractivity (Wildman–Crippen MR) is 64.8 cm³/mol. The second kappa shape index (κ2) is 4.46. The molecule has 1 aliphatic heterocycles. The Morgan fingerprint density at radius 2 is 2.24 bits per heavy atom. The Labute approximate surface area is 100 Å². The molecule has 1 aliphatic rings. The molecule has 1 saturated heterocycles. The van der Waals surface area contributed by atoms with E-state index in [2.05, 4.69) is 15.3 Å². The fourth-order valence-electron chi connectivity index (χ4n) is 1.81. The van der Waals surface area contributed by atoms with Crippen molar-refractivity contribution in [1.29, 1.82) is 0 Å². The lowest BCUT2D eigenvalue weighted by atomic mass is 10.0. The van der Waals surface area contributed by atoms with Gasteiger partial charge in [-0.25, -0.2) is 9.97 Å². The first-order valence-corrected chi connectivity index (χ1v) is 5.65. The first-order valence-electron chi connectivity index (χ1n) is 5.65. The Bertz CT molecular complexity index is 416. The lowest BCUT2D eigenvalue weighted by molar-refractivity contribution is 0.0381. The third-order valence-corrected chi connectivity index (χ3v) is 2.96. The molecule has 1 fully saturated rings. The van der Waals surface area contributed by atoms with Crippen LogP contribution in [0.3, 0.4) is 0 Å². The van der Waals surface area contributed by atoms with Gasteiger partial charge in [-0.05, 0) is 13.8 Å². The van der Waals surface area contributed by atoms with Crippen LogP contribution in [0.15, 0.2) is 0 Å². The van der Waals surface area contributed by atoms with Crippen molar-refractivity contribution in [3.63, 3.8) is 0 Å².